The molecule has 0 fully saturated rings. The van der Waals surface area contributed by atoms with Crippen LogP contribution < -0.4 is 5.32 Å². The number of hydrogen-bond donors (Lipinski definition) is 1. The van der Waals surface area contributed by atoms with Gasteiger partial charge in [-0.2, -0.15) is 0 Å². The molecule has 0 spiro atoms. The van der Waals surface area contributed by atoms with Gasteiger partial charge in [-0.1, -0.05) is 44.2 Å². The molecule has 0 unspecified atom stereocenters. The van der Waals surface area contributed by atoms with Gasteiger partial charge in [-0.3, -0.25) is 0 Å². The molecule has 5 nitrogen and oxygen atoms in total. The van der Waals surface area contributed by atoms with Crippen molar-refractivity contribution in [3.8, 4) is 0 Å². The van der Waals surface area contributed by atoms with Gasteiger partial charge in [0.2, 0.25) is 0 Å². The van der Waals surface area contributed by atoms with Crippen LogP contribution in [-0.2, 0) is 20.9 Å². The molecule has 0 saturated carbocycles. The number of hydrogen-bond acceptors (Lipinski definition) is 4. The first-order chi connectivity index (χ1) is 9.52. The second-order valence-electron chi connectivity index (χ2n) is 4.91. The van der Waals surface area contributed by atoms with Crippen molar-refractivity contribution in [3.05, 3.63) is 35.9 Å². The van der Waals surface area contributed by atoms with Crippen LogP contribution in [0.4, 0.5) is 4.79 Å². The van der Waals surface area contributed by atoms with Gasteiger partial charge in [-0.15, -0.1) is 0 Å². The lowest BCUT2D eigenvalue weighted by Crippen LogP contribution is -2.42. The molecule has 5 heteroatoms. The van der Waals surface area contributed by atoms with Gasteiger partial charge in [0.15, 0.2) is 0 Å². The number of methoxy groups -OCH3 is 1. The first kappa shape index (κ1) is 16.0. The maximum atomic E-state index is 11.7. The fraction of sp³-hybridized carbons (Fsp3) is 0.467. The first-order valence-electron chi connectivity index (χ1n) is 6.58. The standard InChI is InChI=1S/C15H21NO4/c1-11(2)9-13(14(17)19-3)16-15(18)20-10-12-7-5-4-6-8-12/h4-8,11,13H,9-10H2,1-3H3,(H,16,18)/t13-/m0/s1. The Morgan fingerprint density at radius 2 is 1.85 bits per heavy atom. The van der Waals surface area contributed by atoms with E-state index in [1.165, 1.54) is 7.11 Å². The summed E-state index contributed by atoms with van der Waals surface area (Å²) in [6.45, 7) is 4.10. The highest BCUT2D eigenvalue weighted by Crippen LogP contribution is 2.07. The molecule has 0 aliphatic rings. The molecule has 0 aliphatic heterocycles. The van der Waals surface area contributed by atoms with Gasteiger partial charge in [0, 0.05) is 0 Å². The molecule has 1 amide bonds. The van der Waals surface area contributed by atoms with Crippen molar-refractivity contribution in [2.75, 3.05) is 7.11 Å². The second kappa shape index (κ2) is 8.19. The first-order valence-corrected chi connectivity index (χ1v) is 6.58. The Bertz CT molecular complexity index is 431. The average molecular weight is 279 g/mol. The molecule has 0 heterocycles. The molecule has 110 valence electrons. The molecular formula is C15H21NO4. The number of amides is 1. The van der Waals surface area contributed by atoms with Crippen molar-refractivity contribution in [1.82, 2.24) is 5.32 Å². The molecule has 1 N–H and O–H groups in total. The molecule has 1 atom stereocenters. The maximum Gasteiger partial charge on any atom is 0.408 e. The van der Waals surface area contributed by atoms with Gasteiger partial charge in [-0.05, 0) is 17.9 Å². The van der Waals surface area contributed by atoms with E-state index >= 15 is 0 Å². The third-order valence-corrected chi connectivity index (χ3v) is 2.70. The smallest absolute Gasteiger partial charge is 0.408 e. The van der Waals surface area contributed by atoms with E-state index in [2.05, 4.69) is 10.1 Å². The predicted octanol–water partition coefficient (Wildman–Crippen LogP) is 2.50. The summed E-state index contributed by atoms with van der Waals surface area (Å²) >= 11 is 0. The number of carbonyl (C=O) groups is 2. The minimum absolute atomic E-state index is 0.169. The molecule has 1 aromatic rings. The molecule has 20 heavy (non-hydrogen) atoms. The number of esters is 1. The van der Waals surface area contributed by atoms with Crippen LogP contribution in [0.3, 0.4) is 0 Å². The van der Waals surface area contributed by atoms with Gasteiger partial charge < -0.3 is 14.8 Å². The SMILES string of the molecule is COC(=O)[C@H](CC(C)C)NC(=O)OCc1ccccc1. The molecular weight excluding hydrogens is 258 g/mol. The van der Waals surface area contributed by atoms with Crippen LogP contribution in [0, 0.1) is 5.92 Å². The van der Waals surface area contributed by atoms with Crippen molar-refractivity contribution >= 4 is 12.1 Å². The van der Waals surface area contributed by atoms with Crippen LogP contribution in [0.25, 0.3) is 0 Å². The van der Waals surface area contributed by atoms with E-state index < -0.39 is 18.1 Å². The Balaban J connectivity index is 2.47. The lowest BCUT2D eigenvalue weighted by atomic mass is 10.0. The second-order valence-corrected chi connectivity index (χ2v) is 4.91. The largest absolute Gasteiger partial charge is 0.467 e. The van der Waals surface area contributed by atoms with E-state index in [1.807, 2.05) is 44.2 Å². The summed E-state index contributed by atoms with van der Waals surface area (Å²) in [7, 11) is 1.30. The number of ether oxygens (including phenoxy) is 2. The maximum absolute atomic E-state index is 11.7. The lowest BCUT2D eigenvalue weighted by molar-refractivity contribution is -0.143. The van der Waals surface area contributed by atoms with Crippen LogP contribution in [0.15, 0.2) is 30.3 Å². The van der Waals surface area contributed by atoms with Gasteiger partial charge in [0.05, 0.1) is 7.11 Å². The number of carbonyl (C=O) groups excluding carboxylic acids is 2. The van der Waals surface area contributed by atoms with Gasteiger partial charge in [-0.25, -0.2) is 9.59 Å². The molecule has 0 aromatic heterocycles. The van der Waals surface area contributed by atoms with Crippen LogP contribution in [0.2, 0.25) is 0 Å². The fourth-order valence-electron chi connectivity index (χ4n) is 1.73. The minimum atomic E-state index is -0.678. The molecule has 1 aromatic carbocycles. The number of rotatable bonds is 6. The quantitative estimate of drug-likeness (QED) is 0.813. The predicted molar refractivity (Wildman–Crippen MR) is 75.0 cm³/mol. The van der Waals surface area contributed by atoms with Crippen LogP contribution in [0.1, 0.15) is 25.8 Å². The van der Waals surface area contributed by atoms with E-state index in [0.717, 1.165) is 5.56 Å². The summed E-state index contributed by atoms with van der Waals surface area (Å²) in [6, 6.07) is 8.67. The van der Waals surface area contributed by atoms with Crippen molar-refractivity contribution in [2.24, 2.45) is 5.92 Å². The molecule has 0 saturated heterocycles. The van der Waals surface area contributed by atoms with Gasteiger partial charge in [0.1, 0.15) is 12.6 Å². The third-order valence-electron chi connectivity index (χ3n) is 2.70. The average Bonchev–Trinajstić information content (AvgIpc) is 2.44. The number of nitrogens with one attached hydrogen (secondary N) is 1. The minimum Gasteiger partial charge on any atom is -0.467 e. The third kappa shape index (κ3) is 5.73. The van der Waals surface area contributed by atoms with E-state index in [-0.39, 0.29) is 12.5 Å². The van der Waals surface area contributed by atoms with Crippen LogP contribution in [0.5, 0.6) is 0 Å². The highest BCUT2D eigenvalue weighted by Gasteiger charge is 2.23. The van der Waals surface area contributed by atoms with E-state index in [4.69, 9.17) is 4.74 Å². The zero-order valence-electron chi connectivity index (χ0n) is 12.1. The zero-order valence-corrected chi connectivity index (χ0v) is 12.1. The van der Waals surface area contributed by atoms with E-state index in [0.29, 0.717) is 6.42 Å². The van der Waals surface area contributed by atoms with Gasteiger partial charge >= 0.3 is 12.1 Å². The molecule has 1 rings (SSSR count). The van der Waals surface area contributed by atoms with E-state index in [9.17, 15) is 9.59 Å². The van der Waals surface area contributed by atoms with Crippen LogP contribution in [-0.4, -0.2) is 25.2 Å². The Kier molecular flexibility index (Phi) is 6.56. The Morgan fingerprint density at radius 3 is 2.40 bits per heavy atom. The summed E-state index contributed by atoms with van der Waals surface area (Å²) in [5.41, 5.74) is 0.890. The van der Waals surface area contributed by atoms with Crippen molar-refractivity contribution in [2.45, 2.75) is 32.9 Å². The van der Waals surface area contributed by atoms with Crippen molar-refractivity contribution < 1.29 is 19.1 Å². The molecule has 0 bridgehead atoms. The Hall–Kier alpha value is -2.04. The zero-order chi connectivity index (χ0) is 15.0. The topological polar surface area (TPSA) is 64.6 Å². The monoisotopic (exact) mass is 279 g/mol. The lowest BCUT2D eigenvalue weighted by Gasteiger charge is -2.18. The van der Waals surface area contributed by atoms with Crippen LogP contribution >= 0.6 is 0 Å². The highest BCUT2D eigenvalue weighted by atomic mass is 16.6. The number of benzene rings is 1. The molecule has 0 radical (unpaired) electrons. The van der Waals surface area contributed by atoms with E-state index in [1.54, 1.807) is 0 Å². The fourth-order valence-corrected chi connectivity index (χ4v) is 1.73. The summed E-state index contributed by atoms with van der Waals surface area (Å²) < 4.78 is 9.74. The highest BCUT2D eigenvalue weighted by molar-refractivity contribution is 5.81. The van der Waals surface area contributed by atoms with Crippen molar-refractivity contribution in [3.63, 3.8) is 0 Å². The molecule has 0 aliphatic carbocycles. The number of alkyl carbamates (subject to hydrolysis) is 1. The summed E-state index contributed by atoms with van der Waals surface area (Å²) in [6.07, 6.45) is -0.113. The summed E-state index contributed by atoms with van der Waals surface area (Å²) in [5, 5.41) is 2.53. The normalized spacial score (nSPS) is 11.8. The Morgan fingerprint density at radius 1 is 1.20 bits per heavy atom. The Labute approximate surface area is 119 Å². The summed E-state index contributed by atoms with van der Waals surface area (Å²) in [5.74, 6) is -0.205. The van der Waals surface area contributed by atoms with Gasteiger partial charge in [0.25, 0.3) is 0 Å². The summed E-state index contributed by atoms with van der Waals surface area (Å²) in [4.78, 5) is 23.3. The van der Waals surface area contributed by atoms with Crippen molar-refractivity contribution in [1.29, 1.82) is 0 Å².